The fraction of sp³-hybridized carbons (Fsp3) is 0.333. The predicted molar refractivity (Wildman–Crippen MR) is 68.7 cm³/mol. The molecule has 6 nitrogen and oxygen atoms in total. The number of carboxylic acid groups (broad SMARTS) is 1. The Morgan fingerprint density at radius 2 is 1.95 bits per heavy atom. The number of nitrogens with one attached hydrogen (secondary N) is 1. The summed E-state index contributed by atoms with van der Waals surface area (Å²) in [5.74, 6) is -2.38. The average molecular weight is 282 g/mol. The number of amides is 1. The second kappa shape index (κ2) is 5.79. The van der Waals surface area contributed by atoms with Crippen LogP contribution >= 0.6 is 11.6 Å². The van der Waals surface area contributed by atoms with Crippen LogP contribution < -0.4 is 5.32 Å². The maximum Gasteiger partial charge on any atom is 0.307 e. The Morgan fingerprint density at radius 3 is 2.58 bits per heavy atom. The summed E-state index contributed by atoms with van der Waals surface area (Å²) in [7, 11) is 0. The highest BCUT2D eigenvalue weighted by Crippen LogP contribution is 2.27. The molecule has 0 radical (unpaired) electrons. The van der Waals surface area contributed by atoms with Gasteiger partial charge in [0.1, 0.15) is 17.3 Å². The Morgan fingerprint density at radius 1 is 1.26 bits per heavy atom. The van der Waals surface area contributed by atoms with Crippen molar-refractivity contribution < 1.29 is 14.7 Å². The average Bonchev–Trinajstić information content (AvgIpc) is 2.38. The molecule has 0 spiro atoms. The molecule has 1 aliphatic rings. The summed E-state index contributed by atoms with van der Waals surface area (Å²) in [5.41, 5.74) is 0. The van der Waals surface area contributed by atoms with Crippen LogP contribution in [0.4, 0.5) is 5.82 Å². The standard InChI is InChI=1S/C12H12ClN3O3/c13-9-5-10(15-6-14-9)16-11(17)7-3-1-2-4-8(7)12(18)19/h1-2,5-8H,3-4H2,(H,18,19)(H,14,15,16,17). The molecule has 7 heteroatoms. The fourth-order valence-electron chi connectivity index (χ4n) is 2.00. The maximum absolute atomic E-state index is 12.1. The molecule has 1 amide bonds. The van der Waals surface area contributed by atoms with Gasteiger partial charge in [0.15, 0.2) is 0 Å². The second-order valence-corrected chi connectivity index (χ2v) is 4.60. The van der Waals surface area contributed by atoms with Crippen molar-refractivity contribution in [2.24, 2.45) is 11.8 Å². The maximum atomic E-state index is 12.1. The third-order valence-corrected chi connectivity index (χ3v) is 3.18. The van der Waals surface area contributed by atoms with Crippen molar-refractivity contribution in [2.45, 2.75) is 12.8 Å². The van der Waals surface area contributed by atoms with Gasteiger partial charge in [-0.1, -0.05) is 23.8 Å². The Hall–Kier alpha value is -1.95. The van der Waals surface area contributed by atoms with E-state index in [1.54, 1.807) is 6.08 Å². The van der Waals surface area contributed by atoms with Crippen molar-refractivity contribution in [1.82, 2.24) is 9.97 Å². The molecular weight excluding hydrogens is 270 g/mol. The topological polar surface area (TPSA) is 92.2 Å². The molecule has 1 aromatic rings. The van der Waals surface area contributed by atoms with Gasteiger partial charge in [0.05, 0.1) is 11.8 Å². The van der Waals surface area contributed by atoms with Crippen molar-refractivity contribution in [2.75, 3.05) is 5.32 Å². The lowest BCUT2D eigenvalue weighted by atomic mass is 9.82. The lowest BCUT2D eigenvalue weighted by Gasteiger charge is -2.23. The predicted octanol–water partition coefficient (Wildman–Crippen LogP) is 1.74. The van der Waals surface area contributed by atoms with E-state index in [-0.39, 0.29) is 16.9 Å². The number of hydrogen-bond donors (Lipinski definition) is 2. The summed E-state index contributed by atoms with van der Waals surface area (Å²) in [6, 6.07) is 1.41. The van der Waals surface area contributed by atoms with Crippen LogP contribution in [-0.2, 0) is 9.59 Å². The van der Waals surface area contributed by atoms with E-state index in [1.807, 2.05) is 6.08 Å². The Labute approximate surface area is 114 Å². The summed E-state index contributed by atoms with van der Waals surface area (Å²) in [5, 5.41) is 11.9. The monoisotopic (exact) mass is 281 g/mol. The number of aromatic nitrogens is 2. The van der Waals surface area contributed by atoms with E-state index in [0.29, 0.717) is 12.8 Å². The molecule has 2 atom stereocenters. The van der Waals surface area contributed by atoms with Crippen molar-refractivity contribution in [3.05, 3.63) is 29.7 Å². The number of rotatable bonds is 3. The largest absolute Gasteiger partial charge is 0.481 e. The molecule has 0 bridgehead atoms. The zero-order chi connectivity index (χ0) is 13.8. The molecule has 0 saturated carbocycles. The minimum absolute atomic E-state index is 0.212. The molecule has 2 N–H and O–H groups in total. The van der Waals surface area contributed by atoms with Gasteiger partial charge in [-0.2, -0.15) is 0 Å². The Balaban J connectivity index is 2.10. The van der Waals surface area contributed by atoms with Gasteiger partial charge in [-0.3, -0.25) is 9.59 Å². The molecule has 19 heavy (non-hydrogen) atoms. The number of allylic oxidation sites excluding steroid dienone is 2. The van der Waals surface area contributed by atoms with E-state index in [1.165, 1.54) is 12.4 Å². The third kappa shape index (κ3) is 3.29. The highest BCUT2D eigenvalue weighted by molar-refractivity contribution is 6.29. The van der Waals surface area contributed by atoms with Crippen molar-refractivity contribution >= 4 is 29.3 Å². The number of carboxylic acids is 1. The number of anilines is 1. The van der Waals surface area contributed by atoms with Gasteiger partial charge in [0.25, 0.3) is 0 Å². The van der Waals surface area contributed by atoms with E-state index in [0.717, 1.165) is 0 Å². The SMILES string of the molecule is O=C(O)C1CC=CCC1C(=O)Nc1cc(Cl)ncn1. The molecule has 0 aromatic carbocycles. The first-order valence-electron chi connectivity index (χ1n) is 5.74. The number of halogens is 1. The van der Waals surface area contributed by atoms with Crippen LogP contribution in [0.2, 0.25) is 5.15 Å². The molecule has 0 fully saturated rings. The minimum Gasteiger partial charge on any atom is -0.481 e. The van der Waals surface area contributed by atoms with Crippen LogP contribution in [0.15, 0.2) is 24.5 Å². The summed E-state index contributed by atoms with van der Waals surface area (Å²) < 4.78 is 0. The van der Waals surface area contributed by atoms with Crippen LogP contribution in [0.1, 0.15) is 12.8 Å². The zero-order valence-electron chi connectivity index (χ0n) is 9.91. The fourth-order valence-corrected chi connectivity index (χ4v) is 2.14. The van der Waals surface area contributed by atoms with Crippen LogP contribution in [-0.4, -0.2) is 27.0 Å². The van der Waals surface area contributed by atoms with E-state index in [2.05, 4.69) is 15.3 Å². The Bertz CT molecular complexity index is 533. The summed E-state index contributed by atoms with van der Waals surface area (Å²) in [4.78, 5) is 30.7. The molecule has 2 rings (SSSR count). The van der Waals surface area contributed by atoms with Gasteiger partial charge in [0.2, 0.25) is 5.91 Å². The van der Waals surface area contributed by atoms with E-state index in [9.17, 15) is 9.59 Å². The number of aliphatic carboxylic acids is 1. The molecular formula is C12H12ClN3O3. The molecule has 1 heterocycles. The van der Waals surface area contributed by atoms with Gasteiger partial charge in [-0.25, -0.2) is 9.97 Å². The van der Waals surface area contributed by atoms with E-state index < -0.39 is 17.8 Å². The van der Waals surface area contributed by atoms with Crippen molar-refractivity contribution in [1.29, 1.82) is 0 Å². The van der Waals surface area contributed by atoms with Crippen molar-refractivity contribution in [3.63, 3.8) is 0 Å². The van der Waals surface area contributed by atoms with Crippen LogP contribution in [0, 0.1) is 11.8 Å². The molecule has 0 saturated heterocycles. The minimum atomic E-state index is -0.967. The number of nitrogens with zero attached hydrogens (tertiary/aromatic N) is 2. The molecule has 0 aliphatic heterocycles. The molecule has 1 aliphatic carbocycles. The van der Waals surface area contributed by atoms with E-state index >= 15 is 0 Å². The van der Waals surface area contributed by atoms with Gasteiger partial charge in [-0.15, -0.1) is 0 Å². The smallest absolute Gasteiger partial charge is 0.307 e. The highest BCUT2D eigenvalue weighted by atomic mass is 35.5. The van der Waals surface area contributed by atoms with Crippen LogP contribution in [0.5, 0.6) is 0 Å². The molecule has 100 valence electrons. The number of carbonyl (C=O) groups excluding carboxylic acids is 1. The summed E-state index contributed by atoms with van der Waals surface area (Å²) in [6.45, 7) is 0. The lowest BCUT2D eigenvalue weighted by molar-refractivity contribution is -0.146. The van der Waals surface area contributed by atoms with Gasteiger partial charge >= 0.3 is 5.97 Å². The van der Waals surface area contributed by atoms with Gasteiger partial charge in [0, 0.05) is 6.07 Å². The number of hydrogen-bond acceptors (Lipinski definition) is 4. The third-order valence-electron chi connectivity index (χ3n) is 2.97. The molecule has 1 aromatic heterocycles. The van der Waals surface area contributed by atoms with Crippen LogP contribution in [0.3, 0.4) is 0 Å². The normalized spacial score (nSPS) is 21.9. The summed E-state index contributed by atoms with van der Waals surface area (Å²) >= 11 is 5.69. The second-order valence-electron chi connectivity index (χ2n) is 4.21. The quantitative estimate of drug-likeness (QED) is 0.650. The first kappa shape index (κ1) is 13.5. The zero-order valence-corrected chi connectivity index (χ0v) is 10.7. The summed E-state index contributed by atoms with van der Waals surface area (Å²) in [6.07, 6.45) is 5.59. The Kier molecular flexibility index (Phi) is 4.11. The molecule has 2 unspecified atom stereocenters. The number of carbonyl (C=O) groups is 2. The first-order chi connectivity index (χ1) is 9.08. The lowest BCUT2D eigenvalue weighted by Crippen LogP contribution is -2.34. The highest BCUT2D eigenvalue weighted by Gasteiger charge is 2.34. The van der Waals surface area contributed by atoms with Crippen LogP contribution in [0.25, 0.3) is 0 Å². The van der Waals surface area contributed by atoms with Crippen molar-refractivity contribution in [3.8, 4) is 0 Å². The van der Waals surface area contributed by atoms with E-state index in [4.69, 9.17) is 16.7 Å². The van der Waals surface area contributed by atoms with Gasteiger partial charge < -0.3 is 10.4 Å². The van der Waals surface area contributed by atoms with Gasteiger partial charge in [-0.05, 0) is 12.8 Å². The first-order valence-corrected chi connectivity index (χ1v) is 6.12.